The van der Waals surface area contributed by atoms with E-state index in [0.29, 0.717) is 36.1 Å². The molecule has 1 aliphatic heterocycles. The Labute approximate surface area is 199 Å². The number of furan rings is 1. The molecule has 2 heterocycles. The van der Waals surface area contributed by atoms with Crippen molar-refractivity contribution in [3.05, 3.63) is 30.0 Å². The molecule has 0 radical (unpaired) electrons. The van der Waals surface area contributed by atoms with Crippen molar-refractivity contribution in [3.8, 4) is 11.8 Å². The van der Waals surface area contributed by atoms with Crippen molar-refractivity contribution < 1.29 is 23.5 Å². The van der Waals surface area contributed by atoms with Gasteiger partial charge in [0.05, 0.1) is 18.6 Å². The molecule has 1 saturated heterocycles. The first-order chi connectivity index (χ1) is 16.1. The maximum Gasteiger partial charge on any atom is 0.287 e. The summed E-state index contributed by atoms with van der Waals surface area (Å²) in [6, 6.07) is 7.19. The normalized spacial score (nSPS) is 17.9. The predicted molar refractivity (Wildman–Crippen MR) is 126 cm³/mol. The van der Waals surface area contributed by atoms with Gasteiger partial charge in [0.15, 0.2) is 5.76 Å². The summed E-state index contributed by atoms with van der Waals surface area (Å²) >= 11 is 0. The summed E-state index contributed by atoms with van der Waals surface area (Å²) in [7, 11) is 1.54. The van der Waals surface area contributed by atoms with Gasteiger partial charge >= 0.3 is 0 Å². The number of carbonyl (C=O) groups is 3. The fraction of sp³-hybridized carbons (Fsp3) is 0.520. The fourth-order valence-electron chi connectivity index (χ4n) is 4.14. The van der Waals surface area contributed by atoms with E-state index in [-0.39, 0.29) is 29.4 Å². The van der Waals surface area contributed by atoms with E-state index in [4.69, 9.17) is 9.15 Å². The number of amides is 3. The predicted octanol–water partition coefficient (Wildman–Crippen LogP) is 2.90. The lowest BCUT2D eigenvalue weighted by molar-refractivity contribution is -0.128. The molecule has 34 heavy (non-hydrogen) atoms. The van der Waals surface area contributed by atoms with Crippen molar-refractivity contribution in [3.63, 3.8) is 0 Å². The van der Waals surface area contributed by atoms with Crippen LogP contribution in [0.1, 0.15) is 57.0 Å². The molecule has 182 valence electrons. The Hall–Kier alpha value is -3.54. The standard InChI is InChI=1S/C25H32N4O5/c1-25(2,3)13-18(23(31)28-16(14-26)11-15-7-6-10-27-22(15)30)29-24(32)21-12-17-19(33-4)8-5-9-20(17)34-21/h5,8-9,12,15-16,18H,6-7,10-11,13H2,1-4H3,(H,27,30)(H,28,31)(H,29,32)/t15-,16-,18-/m0/s1. The molecular weight excluding hydrogens is 436 g/mol. The molecule has 9 nitrogen and oxygen atoms in total. The van der Waals surface area contributed by atoms with Crippen LogP contribution >= 0.6 is 0 Å². The van der Waals surface area contributed by atoms with Crippen molar-refractivity contribution in [1.82, 2.24) is 16.0 Å². The number of benzene rings is 1. The second kappa shape index (κ2) is 10.6. The first kappa shape index (κ1) is 25.1. The van der Waals surface area contributed by atoms with Gasteiger partial charge < -0.3 is 25.1 Å². The first-order valence-electron chi connectivity index (χ1n) is 11.5. The van der Waals surface area contributed by atoms with Crippen molar-refractivity contribution in [1.29, 1.82) is 5.26 Å². The lowest BCUT2D eigenvalue weighted by Gasteiger charge is -2.28. The lowest BCUT2D eigenvalue weighted by Crippen LogP contribution is -2.51. The molecular formula is C25H32N4O5. The third-order valence-corrected chi connectivity index (χ3v) is 5.80. The number of nitrogens with one attached hydrogen (secondary N) is 3. The van der Waals surface area contributed by atoms with Gasteiger partial charge in [-0.05, 0) is 43.2 Å². The van der Waals surface area contributed by atoms with E-state index in [2.05, 4.69) is 22.0 Å². The average Bonchev–Trinajstić information content (AvgIpc) is 3.23. The second-order valence-corrected chi connectivity index (χ2v) is 9.83. The number of methoxy groups -OCH3 is 1. The molecule has 0 aliphatic carbocycles. The third kappa shape index (κ3) is 6.28. The number of rotatable bonds is 8. The van der Waals surface area contributed by atoms with Crippen LogP contribution < -0.4 is 20.7 Å². The third-order valence-electron chi connectivity index (χ3n) is 5.80. The Morgan fingerprint density at radius 3 is 2.74 bits per heavy atom. The molecule has 0 unspecified atom stereocenters. The number of hydrogen-bond acceptors (Lipinski definition) is 6. The topological polar surface area (TPSA) is 133 Å². The minimum absolute atomic E-state index is 0.0573. The van der Waals surface area contributed by atoms with Crippen LogP contribution in [0.4, 0.5) is 0 Å². The summed E-state index contributed by atoms with van der Waals surface area (Å²) in [6.07, 6.45) is 2.09. The van der Waals surface area contributed by atoms with Crippen molar-refractivity contribution in [2.45, 2.75) is 58.5 Å². The molecule has 2 aromatic rings. The number of nitrogens with zero attached hydrogens (tertiary/aromatic N) is 1. The fourth-order valence-corrected chi connectivity index (χ4v) is 4.14. The lowest BCUT2D eigenvalue weighted by atomic mass is 9.87. The van der Waals surface area contributed by atoms with E-state index >= 15 is 0 Å². The van der Waals surface area contributed by atoms with Crippen LogP contribution in [0.15, 0.2) is 28.7 Å². The minimum atomic E-state index is -0.890. The Balaban J connectivity index is 1.74. The van der Waals surface area contributed by atoms with Gasteiger partial charge in [0, 0.05) is 18.5 Å². The van der Waals surface area contributed by atoms with E-state index < -0.39 is 23.9 Å². The molecule has 3 atom stereocenters. The van der Waals surface area contributed by atoms with Crippen molar-refractivity contribution >= 4 is 28.7 Å². The average molecular weight is 469 g/mol. The summed E-state index contributed by atoms with van der Waals surface area (Å²) < 4.78 is 11.0. The highest BCUT2D eigenvalue weighted by Gasteiger charge is 2.31. The highest BCUT2D eigenvalue weighted by Crippen LogP contribution is 2.29. The van der Waals surface area contributed by atoms with Crippen LogP contribution in [-0.2, 0) is 9.59 Å². The number of piperidine rings is 1. The minimum Gasteiger partial charge on any atom is -0.496 e. The smallest absolute Gasteiger partial charge is 0.287 e. The monoisotopic (exact) mass is 468 g/mol. The van der Waals surface area contributed by atoms with Gasteiger partial charge in [-0.15, -0.1) is 0 Å². The van der Waals surface area contributed by atoms with Gasteiger partial charge in [0.1, 0.15) is 23.4 Å². The summed E-state index contributed by atoms with van der Waals surface area (Å²) in [4.78, 5) is 38.2. The zero-order valence-electron chi connectivity index (χ0n) is 20.1. The first-order valence-corrected chi connectivity index (χ1v) is 11.5. The van der Waals surface area contributed by atoms with E-state index in [9.17, 15) is 19.6 Å². The molecule has 1 aromatic heterocycles. The maximum absolute atomic E-state index is 13.1. The molecule has 9 heteroatoms. The second-order valence-electron chi connectivity index (χ2n) is 9.83. The Morgan fingerprint density at radius 2 is 2.09 bits per heavy atom. The molecule has 3 amide bonds. The van der Waals surface area contributed by atoms with Crippen LogP contribution in [0.2, 0.25) is 0 Å². The van der Waals surface area contributed by atoms with Crippen LogP contribution in [0.25, 0.3) is 11.0 Å². The number of fused-ring (bicyclic) bond motifs is 1. The highest BCUT2D eigenvalue weighted by molar-refractivity contribution is 5.99. The molecule has 0 saturated carbocycles. The molecule has 1 fully saturated rings. The number of ether oxygens (including phenoxy) is 1. The zero-order valence-corrected chi connectivity index (χ0v) is 20.1. The van der Waals surface area contributed by atoms with Crippen LogP contribution in [0.5, 0.6) is 5.75 Å². The largest absolute Gasteiger partial charge is 0.496 e. The van der Waals surface area contributed by atoms with E-state index in [1.54, 1.807) is 24.3 Å². The molecule has 1 aromatic carbocycles. The Kier molecular flexibility index (Phi) is 7.82. The summed E-state index contributed by atoms with van der Waals surface area (Å²) in [6.45, 7) is 6.51. The SMILES string of the molecule is COc1cccc2oc(C(=O)N[C@@H](CC(C)(C)C)C(=O)N[C@H](C#N)C[C@@H]3CCCNC3=O)cc12. The summed E-state index contributed by atoms with van der Waals surface area (Å²) in [5.41, 5.74) is 0.217. The van der Waals surface area contributed by atoms with Crippen LogP contribution in [-0.4, -0.2) is 43.5 Å². The van der Waals surface area contributed by atoms with Crippen molar-refractivity contribution in [2.24, 2.45) is 11.3 Å². The van der Waals surface area contributed by atoms with Gasteiger partial charge in [0.2, 0.25) is 11.8 Å². The molecule has 0 spiro atoms. The maximum atomic E-state index is 13.1. The number of hydrogen-bond donors (Lipinski definition) is 3. The van der Waals surface area contributed by atoms with Gasteiger partial charge in [0.25, 0.3) is 5.91 Å². The molecule has 1 aliphatic rings. The number of carbonyl (C=O) groups excluding carboxylic acids is 3. The highest BCUT2D eigenvalue weighted by atomic mass is 16.5. The van der Waals surface area contributed by atoms with Crippen molar-refractivity contribution in [2.75, 3.05) is 13.7 Å². The van der Waals surface area contributed by atoms with Gasteiger partial charge in [-0.2, -0.15) is 5.26 Å². The zero-order chi connectivity index (χ0) is 24.9. The summed E-state index contributed by atoms with van der Waals surface area (Å²) in [5, 5.41) is 18.5. The number of nitriles is 1. The van der Waals surface area contributed by atoms with E-state index in [1.807, 2.05) is 20.8 Å². The van der Waals surface area contributed by atoms with Gasteiger partial charge in [-0.3, -0.25) is 14.4 Å². The van der Waals surface area contributed by atoms with Crippen LogP contribution in [0, 0.1) is 22.7 Å². The molecule has 0 bridgehead atoms. The quantitative estimate of drug-likeness (QED) is 0.545. The Morgan fingerprint density at radius 1 is 1.32 bits per heavy atom. The van der Waals surface area contributed by atoms with Crippen LogP contribution in [0.3, 0.4) is 0 Å². The van der Waals surface area contributed by atoms with Gasteiger partial charge in [-0.25, -0.2) is 0 Å². The van der Waals surface area contributed by atoms with Gasteiger partial charge in [-0.1, -0.05) is 26.8 Å². The summed E-state index contributed by atoms with van der Waals surface area (Å²) in [5.74, 6) is -0.794. The van der Waals surface area contributed by atoms with E-state index in [0.717, 1.165) is 6.42 Å². The molecule has 3 N–H and O–H groups in total. The Bertz CT molecular complexity index is 1090. The molecule has 3 rings (SSSR count). The van der Waals surface area contributed by atoms with E-state index in [1.165, 1.54) is 7.11 Å².